The number of carbonyl (C=O) groups is 2. The topological polar surface area (TPSA) is 58.2 Å². The highest BCUT2D eigenvalue weighted by atomic mass is 35.5. The van der Waals surface area contributed by atoms with Crippen LogP contribution in [0.3, 0.4) is 0 Å². The van der Waals surface area contributed by atoms with Crippen molar-refractivity contribution < 1.29 is 9.59 Å². The first kappa shape index (κ1) is 26.4. The normalized spacial score (nSPS) is 11.6. The van der Waals surface area contributed by atoms with Crippen molar-refractivity contribution in [1.82, 2.24) is 0 Å². The number of carbonyl (C=O) groups excluding carboxylic acids is 2. The second kappa shape index (κ2) is 12.0. The van der Waals surface area contributed by atoms with E-state index >= 15 is 0 Å². The Kier molecular flexibility index (Phi) is 8.83. The number of thioether (sulfide) groups is 1. The summed E-state index contributed by atoms with van der Waals surface area (Å²) in [6.45, 7) is 0. The Morgan fingerprint density at radius 2 is 1.36 bits per heavy atom. The molecule has 4 aromatic carbocycles. The molecule has 4 nitrogen and oxygen atoms in total. The molecule has 4 aromatic rings. The maximum Gasteiger partial charge on any atom is 0.257 e. The molecule has 4 rings (SSSR count). The van der Waals surface area contributed by atoms with E-state index in [2.05, 4.69) is 10.6 Å². The molecule has 2 N–H and O–H groups in total. The Labute approximate surface area is 232 Å². The van der Waals surface area contributed by atoms with Gasteiger partial charge >= 0.3 is 0 Å². The third-order valence-corrected chi connectivity index (χ3v) is 7.45. The first-order valence-corrected chi connectivity index (χ1v) is 13.0. The fourth-order valence-corrected chi connectivity index (χ4v) is 5.17. The van der Waals surface area contributed by atoms with Crippen LogP contribution in [0.5, 0.6) is 0 Å². The minimum Gasteiger partial charge on any atom is -0.323 e. The van der Waals surface area contributed by atoms with Gasteiger partial charge in [0.2, 0.25) is 5.91 Å². The molecule has 0 aliphatic rings. The van der Waals surface area contributed by atoms with Crippen molar-refractivity contribution in [3.63, 3.8) is 0 Å². The van der Waals surface area contributed by atoms with Gasteiger partial charge in [0.15, 0.2) is 0 Å². The number of rotatable bonds is 7. The third-order valence-electron chi connectivity index (χ3n) is 5.07. The molecule has 0 saturated carbocycles. The number of anilines is 2. The van der Waals surface area contributed by atoms with Gasteiger partial charge in [0.05, 0.1) is 21.3 Å². The summed E-state index contributed by atoms with van der Waals surface area (Å²) in [5.41, 5.74) is 2.17. The maximum atomic E-state index is 13.3. The highest BCUT2D eigenvalue weighted by Gasteiger charge is 2.23. The van der Waals surface area contributed by atoms with E-state index in [-0.39, 0.29) is 16.8 Å². The highest BCUT2D eigenvalue weighted by Crippen LogP contribution is 2.37. The van der Waals surface area contributed by atoms with Gasteiger partial charge in [-0.3, -0.25) is 9.59 Å². The number of hydrogen-bond acceptors (Lipinski definition) is 3. The Bertz CT molecular complexity index is 1400. The lowest BCUT2D eigenvalue weighted by atomic mass is 10.1. The molecule has 0 radical (unpaired) electrons. The van der Waals surface area contributed by atoms with Crippen molar-refractivity contribution in [3.8, 4) is 0 Å². The number of halogens is 4. The average Bonchev–Trinajstić information content (AvgIpc) is 2.86. The van der Waals surface area contributed by atoms with Crippen LogP contribution in [0.15, 0.2) is 95.9 Å². The molecule has 2 amide bonds. The van der Waals surface area contributed by atoms with Crippen molar-refractivity contribution >= 4 is 81.4 Å². The van der Waals surface area contributed by atoms with E-state index in [9.17, 15) is 9.59 Å². The summed E-state index contributed by atoms with van der Waals surface area (Å²) in [6, 6.07) is 26.2. The van der Waals surface area contributed by atoms with Gasteiger partial charge in [-0.05, 0) is 66.2 Å². The number of nitrogens with one attached hydrogen (secondary N) is 2. The molecule has 36 heavy (non-hydrogen) atoms. The number of hydrogen-bond donors (Lipinski definition) is 2. The van der Waals surface area contributed by atoms with Crippen LogP contribution in [0.4, 0.5) is 11.4 Å². The first-order chi connectivity index (χ1) is 17.3. The van der Waals surface area contributed by atoms with Crippen molar-refractivity contribution in [2.24, 2.45) is 0 Å². The molecule has 0 heterocycles. The van der Waals surface area contributed by atoms with Crippen molar-refractivity contribution in [1.29, 1.82) is 0 Å². The lowest BCUT2D eigenvalue weighted by Gasteiger charge is -2.18. The monoisotopic (exact) mass is 574 g/mol. The summed E-state index contributed by atoms with van der Waals surface area (Å²) in [7, 11) is 0. The molecule has 0 bridgehead atoms. The van der Waals surface area contributed by atoms with E-state index in [4.69, 9.17) is 46.4 Å². The summed E-state index contributed by atoms with van der Waals surface area (Å²) in [4.78, 5) is 26.7. The summed E-state index contributed by atoms with van der Waals surface area (Å²) >= 11 is 25.7. The van der Waals surface area contributed by atoms with E-state index in [1.54, 1.807) is 42.5 Å². The smallest absolute Gasteiger partial charge is 0.257 e. The van der Waals surface area contributed by atoms with Gasteiger partial charge < -0.3 is 10.6 Å². The summed E-state index contributed by atoms with van der Waals surface area (Å²) < 4.78 is 0. The molecular formula is C27H18Cl4N2O2S. The van der Waals surface area contributed by atoms with E-state index in [1.165, 1.54) is 17.8 Å². The fourth-order valence-electron chi connectivity index (χ4n) is 3.32. The predicted molar refractivity (Wildman–Crippen MR) is 151 cm³/mol. The largest absolute Gasteiger partial charge is 0.323 e. The van der Waals surface area contributed by atoms with Crippen LogP contribution in [0.1, 0.15) is 21.2 Å². The molecule has 0 aliphatic heterocycles. The summed E-state index contributed by atoms with van der Waals surface area (Å²) in [6.07, 6.45) is 0. The zero-order chi connectivity index (χ0) is 25.7. The minimum atomic E-state index is -0.561. The first-order valence-electron chi connectivity index (χ1n) is 10.6. The van der Waals surface area contributed by atoms with Crippen LogP contribution in [-0.4, -0.2) is 11.8 Å². The van der Waals surface area contributed by atoms with Crippen LogP contribution in [0, 0.1) is 0 Å². The Morgan fingerprint density at radius 1 is 0.694 bits per heavy atom. The van der Waals surface area contributed by atoms with Gasteiger partial charge in [0, 0.05) is 20.6 Å². The van der Waals surface area contributed by atoms with Crippen molar-refractivity contribution in [2.45, 2.75) is 10.1 Å². The van der Waals surface area contributed by atoms with Crippen LogP contribution in [0.2, 0.25) is 20.1 Å². The highest BCUT2D eigenvalue weighted by molar-refractivity contribution is 8.00. The molecule has 0 aliphatic carbocycles. The summed E-state index contributed by atoms with van der Waals surface area (Å²) in [5, 5.41) is 6.72. The zero-order valence-corrected chi connectivity index (χ0v) is 22.3. The van der Waals surface area contributed by atoms with E-state index < -0.39 is 5.25 Å². The SMILES string of the molecule is O=C(Nc1ccc(SC(C(=O)Nc2cc(Cl)ccc2Cl)c2ccccc2)cc1)c1ccc(Cl)cc1Cl. The van der Waals surface area contributed by atoms with Gasteiger partial charge in [0.25, 0.3) is 5.91 Å². The molecular weight excluding hydrogens is 558 g/mol. The Hall–Kier alpha value is -2.67. The Balaban J connectivity index is 1.51. The lowest BCUT2D eigenvalue weighted by Crippen LogP contribution is -2.19. The predicted octanol–water partition coefficient (Wildman–Crippen LogP) is 9.02. The molecule has 1 unspecified atom stereocenters. The van der Waals surface area contributed by atoms with Gasteiger partial charge in [-0.25, -0.2) is 0 Å². The zero-order valence-electron chi connectivity index (χ0n) is 18.5. The maximum absolute atomic E-state index is 13.3. The quantitative estimate of drug-likeness (QED) is 0.216. The number of amides is 2. The van der Waals surface area contributed by atoms with E-state index in [0.29, 0.717) is 32.0 Å². The van der Waals surface area contributed by atoms with Crippen LogP contribution in [-0.2, 0) is 4.79 Å². The van der Waals surface area contributed by atoms with Gasteiger partial charge in [-0.2, -0.15) is 0 Å². The third kappa shape index (κ3) is 6.75. The molecule has 0 aromatic heterocycles. The van der Waals surface area contributed by atoms with E-state index in [0.717, 1.165) is 10.5 Å². The van der Waals surface area contributed by atoms with E-state index in [1.807, 2.05) is 42.5 Å². The standard InChI is InChI=1S/C27H18Cl4N2O2S/c28-17-6-12-21(23(31)14-17)26(34)32-19-8-10-20(11-9-19)36-25(16-4-2-1-3-5-16)27(35)33-24-15-18(29)7-13-22(24)30/h1-15,25H,(H,32,34)(H,33,35). The van der Waals surface area contributed by atoms with Crippen molar-refractivity contribution in [2.75, 3.05) is 10.6 Å². The van der Waals surface area contributed by atoms with Gasteiger partial charge in [-0.1, -0.05) is 76.7 Å². The second-order valence-electron chi connectivity index (χ2n) is 7.62. The fraction of sp³-hybridized carbons (Fsp3) is 0.0370. The van der Waals surface area contributed by atoms with Crippen LogP contribution >= 0.6 is 58.2 Å². The van der Waals surface area contributed by atoms with Crippen LogP contribution in [0.25, 0.3) is 0 Å². The molecule has 182 valence electrons. The van der Waals surface area contributed by atoms with Gasteiger partial charge in [-0.15, -0.1) is 11.8 Å². The Morgan fingerprint density at radius 3 is 2.06 bits per heavy atom. The van der Waals surface area contributed by atoms with Gasteiger partial charge in [0.1, 0.15) is 5.25 Å². The molecule has 0 spiro atoms. The lowest BCUT2D eigenvalue weighted by molar-refractivity contribution is -0.115. The van der Waals surface area contributed by atoms with Crippen LogP contribution < -0.4 is 10.6 Å². The molecule has 0 saturated heterocycles. The summed E-state index contributed by atoms with van der Waals surface area (Å²) in [5.74, 6) is -0.595. The molecule has 0 fully saturated rings. The minimum absolute atomic E-state index is 0.245. The molecule has 1 atom stereocenters. The second-order valence-corrected chi connectivity index (χ2v) is 10.5. The number of benzene rings is 4. The average molecular weight is 576 g/mol. The van der Waals surface area contributed by atoms with Crippen molar-refractivity contribution in [3.05, 3.63) is 122 Å². The molecule has 9 heteroatoms.